The van der Waals surface area contributed by atoms with Crippen LogP contribution in [0.25, 0.3) is 0 Å². The van der Waals surface area contributed by atoms with Crippen LogP contribution in [0.1, 0.15) is 11.1 Å². The average molecular weight is 177 g/mol. The molecule has 2 rings (SSSR count). The maximum absolute atomic E-state index is 5.51. The number of hydrogen-bond donors (Lipinski definition) is 2. The Balaban J connectivity index is 2.43. The molecule has 4 N–H and O–H groups in total. The van der Waals surface area contributed by atoms with Crippen LogP contribution < -0.4 is 11.5 Å². The van der Waals surface area contributed by atoms with Crippen LogP contribution in [0.5, 0.6) is 0 Å². The van der Waals surface area contributed by atoms with Gasteiger partial charge in [-0.3, -0.25) is 0 Å². The van der Waals surface area contributed by atoms with Gasteiger partial charge in [0.25, 0.3) is 6.02 Å². The van der Waals surface area contributed by atoms with E-state index in [0.717, 1.165) is 16.8 Å². The van der Waals surface area contributed by atoms with Crippen molar-refractivity contribution in [3.05, 3.63) is 29.3 Å². The van der Waals surface area contributed by atoms with Gasteiger partial charge < -0.3 is 16.2 Å². The number of ether oxygens (including phenoxy) is 1. The third-order valence-electron chi connectivity index (χ3n) is 1.99. The lowest BCUT2D eigenvalue weighted by Crippen LogP contribution is -2.18. The zero-order valence-electron chi connectivity index (χ0n) is 7.16. The second-order valence-electron chi connectivity index (χ2n) is 2.91. The van der Waals surface area contributed by atoms with E-state index >= 15 is 0 Å². The fourth-order valence-corrected chi connectivity index (χ4v) is 1.29. The molecular weight excluding hydrogens is 166 g/mol. The zero-order valence-corrected chi connectivity index (χ0v) is 7.16. The quantitative estimate of drug-likeness (QED) is 0.660. The highest BCUT2D eigenvalue weighted by Crippen LogP contribution is 2.24. The number of benzene rings is 1. The summed E-state index contributed by atoms with van der Waals surface area (Å²) < 4.78 is 5.09. The average Bonchev–Trinajstić information content (AvgIpc) is 2.17. The van der Waals surface area contributed by atoms with Gasteiger partial charge in [0.1, 0.15) is 6.61 Å². The van der Waals surface area contributed by atoms with Crippen molar-refractivity contribution in [3.8, 4) is 0 Å². The number of nitrogens with zero attached hydrogens (tertiary/aromatic N) is 1. The van der Waals surface area contributed by atoms with Crippen molar-refractivity contribution in [3.63, 3.8) is 0 Å². The smallest absolute Gasteiger partial charge is 0.287 e. The highest BCUT2D eigenvalue weighted by atomic mass is 16.5. The van der Waals surface area contributed by atoms with Crippen molar-refractivity contribution in [1.82, 2.24) is 0 Å². The van der Waals surface area contributed by atoms with Gasteiger partial charge in [-0.2, -0.15) is 4.99 Å². The Kier molecular flexibility index (Phi) is 1.90. The Morgan fingerprint density at radius 3 is 3.08 bits per heavy atom. The van der Waals surface area contributed by atoms with Crippen molar-refractivity contribution in [2.45, 2.75) is 13.2 Å². The highest BCUT2D eigenvalue weighted by molar-refractivity contribution is 5.77. The Morgan fingerprint density at radius 2 is 2.31 bits per heavy atom. The van der Waals surface area contributed by atoms with E-state index in [2.05, 4.69) is 4.99 Å². The third-order valence-corrected chi connectivity index (χ3v) is 1.99. The Morgan fingerprint density at radius 1 is 1.46 bits per heavy atom. The molecule has 1 aromatic rings. The molecule has 4 nitrogen and oxygen atoms in total. The molecule has 0 atom stereocenters. The number of fused-ring (bicyclic) bond motifs is 1. The summed E-state index contributed by atoms with van der Waals surface area (Å²) in [6, 6.07) is 6.08. The van der Waals surface area contributed by atoms with E-state index in [1.165, 1.54) is 0 Å². The monoisotopic (exact) mass is 177 g/mol. The number of nitrogens with two attached hydrogens (primary N) is 2. The fourth-order valence-electron chi connectivity index (χ4n) is 1.29. The van der Waals surface area contributed by atoms with E-state index in [-0.39, 0.29) is 6.02 Å². The summed E-state index contributed by atoms with van der Waals surface area (Å²) in [5.41, 5.74) is 13.9. The maximum atomic E-state index is 5.51. The molecule has 0 bridgehead atoms. The van der Waals surface area contributed by atoms with Crippen LogP contribution in [0.2, 0.25) is 0 Å². The van der Waals surface area contributed by atoms with Crippen LogP contribution in [0.3, 0.4) is 0 Å². The molecule has 1 aromatic carbocycles. The van der Waals surface area contributed by atoms with Crippen molar-refractivity contribution in [2.75, 3.05) is 0 Å². The van der Waals surface area contributed by atoms with Crippen LogP contribution in [0.4, 0.5) is 5.69 Å². The minimum Gasteiger partial charge on any atom is -0.460 e. The SMILES string of the molecule is NCc1ccc2c(c1)COC(N)=N2. The van der Waals surface area contributed by atoms with Crippen LogP contribution in [0, 0.1) is 0 Å². The summed E-state index contributed by atoms with van der Waals surface area (Å²) in [6.45, 7) is 1.02. The summed E-state index contributed by atoms with van der Waals surface area (Å²) in [5, 5.41) is 0. The molecule has 4 heteroatoms. The fraction of sp³-hybridized carbons (Fsp3) is 0.222. The number of amidine groups is 1. The molecule has 0 amide bonds. The molecule has 1 aliphatic rings. The van der Waals surface area contributed by atoms with E-state index < -0.39 is 0 Å². The predicted molar refractivity (Wildman–Crippen MR) is 50.4 cm³/mol. The largest absolute Gasteiger partial charge is 0.460 e. The van der Waals surface area contributed by atoms with Gasteiger partial charge in [-0.25, -0.2) is 0 Å². The molecule has 0 unspecified atom stereocenters. The van der Waals surface area contributed by atoms with Crippen molar-refractivity contribution in [2.24, 2.45) is 16.5 Å². The lowest BCUT2D eigenvalue weighted by molar-refractivity contribution is 0.282. The van der Waals surface area contributed by atoms with Gasteiger partial charge in [-0.1, -0.05) is 6.07 Å². The molecule has 0 saturated carbocycles. The first-order valence-electron chi connectivity index (χ1n) is 4.08. The van der Waals surface area contributed by atoms with Gasteiger partial charge >= 0.3 is 0 Å². The lowest BCUT2D eigenvalue weighted by Gasteiger charge is -2.14. The molecule has 68 valence electrons. The minimum atomic E-state index is 0.230. The molecule has 0 fully saturated rings. The van der Waals surface area contributed by atoms with Crippen molar-refractivity contribution < 1.29 is 4.74 Å². The van der Waals surface area contributed by atoms with Crippen LogP contribution in [-0.2, 0) is 17.9 Å². The van der Waals surface area contributed by atoms with Gasteiger partial charge in [-0.15, -0.1) is 0 Å². The lowest BCUT2D eigenvalue weighted by atomic mass is 10.1. The molecule has 1 heterocycles. The first-order valence-corrected chi connectivity index (χ1v) is 4.08. The van der Waals surface area contributed by atoms with Crippen LogP contribution in [-0.4, -0.2) is 6.02 Å². The molecule has 0 radical (unpaired) electrons. The van der Waals surface area contributed by atoms with Gasteiger partial charge in [0.15, 0.2) is 0 Å². The Bertz CT molecular complexity index is 360. The molecule has 0 saturated heterocycles. The first kappa shape index (κ1) is 8.07. The van der Waals surface area contributed by atoms with Gasteiger partial charge in [0, 0.05) is 12.1 Å². The predicted octanol–water partition coefficient (Wildman–Crippen LogP) is 0.622. The highest BCUT2D eigenvalue weighted by Gasteiger charge is 2.10. The first-order chi connectivity index (χ1) is 6.29. The standard InChI is InChI=1S/C9H11N3O/c10-4-6-1-2-8-7(3-6)5-13-9(11)12-8/h1-3H,4-5,10H2,(H2,11,12). The van der Waals surface area contributed by atoms with Gasteiger partial charge in [-0.05, 0) is 17.7 Å². The molecule has 1 aliphatic heterocycles. The summed E-state index contributed by atoms with van der Waals surface area (Å²) in [6.07, 6.45) is 0. The summed E-state index contributed by atoms with van der Waals surface area (Å²) >= 11 is 0. The van der Waals surface area contributed by atoms with Crippen LogP contribution in [0.15, 0.2) is 23.2 Å². The minimum absolute atomic E-state index is 0.230. The van der Waals surface area contributed by atoms with Gasteiger partial charge in [0.2, 0.25) is 0 Å². The second kappa shape index (κ2) is 3.06. The molecule has 0 aliphatic carbocycles. The third kappa shape index (κ3) is 1.48. The Hall–Kier alpha value is -1.55. The van der Waals surface area contributed by atoms with Crippen molar-refractivity contribution in [1.29, 1.82) is 0 Å². The van der Waals surface area contributed by atoms with E-state index in [1.807, 2.05) is 18.2 Å². The normalized spacial score (nSPS) is 14.4. The summed E-state index contributed by atoms with van der Waals surface area (Å²) in [7, 11) is 0. The molecule has 0 aromatic heterocycles. The molecule has 0 spiro atoms. The number of hydrogen-bond acceptors (Lipinski definition) is 4. The van der Waals surface area contributed by atoms with E-state index in [9.17, 15) is 0 Å². The van der Waals surface area contributed by atoms with E-state index in [4.69, 9.17) is 16.2 Å². The van der Waals surface area contributed by atoms with Gasteiger partial charge in [0.05, 0.1) is 5.69 Å². The zero-order chi connectivity index (χ0) is 9.26. The van der Waals surface area contributed by atoms with E-state index in [0.29, 0.717) is 13.2 Å². The Labute approximate surface area is 76.2 Å². The topological polar surface area (TPSA) is 73.6 Å². The number of rotatable bonds is 1. The maximum Gasteiger partial charge on any atom is 0.287 e. The summed E-state index contributed by atoms with van der Waals surface area (Å²) in [5.74, 6) is 0. The van der Waals surface area contributed by atoms with Crippen LogP contribution >= 0.6 is 0 Å². The van der Waals surface area contributed by atoms with E-state index in [1.54, 1.807) is 0 Å². The molecular formula is C9H11N3O. The second-order valence-corrected chi connectivity index (χ2v) is 2.91. The number of aliphatic imine (C=N–C) groups is 1. The van der Waals surface area contributed by atoms with Crippen molar-refractivity contribution >= 4 is 11.7 Å². The summed E-state index contributed by atoms with van der Waals surface area (Å²) in [4.78, 5) is 4.05. The molecule has 13 heavy (non-hydrogen) atoms.